The number of para-hydroxylation sites is 1. The van der Waals surface area contributed by atoms with E-state index in [1.807, 2.05) is 18.3 Å². The van der Waals surface area contributed by atoms with Crippen molar-refractivity contribution in [1.29, 1.82) is 0 Å². The molecule has 33 heavy (non-hydrogen) atoms. The summed E-state index contributed by atoms with van der Waals surface area (Å²) in [5, 5.41) is 1.24. The Morgan fingerprint density at radius 1 is 0.848 bits per heavy atom. The maximum absolute atomic E-state index is 5.54. The van der Waals surface area contributed by atoms with Crippen molar-refractivity contribution in [2.45, 2.75) is 32.0 Å². The van der Waals surface area contributed by atoms with E-state index in [0.29, 0.717) is 12.8 Å². The smallest absolute Gasteiger partial charge is 0.231 e. The molecule has 0 amide bonds. The van der Waals surface area contributed by atoms with Gasteiger partial charge in [0.05, 0.1) is 5.52 Å². The van der Waals surface area contributed by atoms with E-state index in [2.05, 4.69) is 56.1 Å². The van der Waals surface area contributed by atoms with Crippen LogP contribution in [0.1, 0.15) is 24.0 Å². The van der Waals surface area contributed by atoms with E-state index < -0.39 is 0 Å². The molecule has 3 aliphatic heterocycles. The SMILES string of the molecule is c1cnc2c(CN3CCCC(N4CCN(Cc5ccc6c(c5)OCO6)CC4)C3)cccc2c1. The number of ether oxygens (including phenoxy) is 2. The van der Waals surface area contributed by atoms with Gasteiger partial charge in [0.1, 0.15) is 0 Å². The third kappa shape index (κ3) is 4.56. The van der Waals surface area contributed by atoms with Gasteiger partial charge in [-0.2, -0.15) is 0 Å². The summed E-state index contributed by atoms with van der Waals surface area (Å²) in [5.41, 5.74) is 3.81. The number of hydrogen-bond donors (Lipinski definition) is 0. The first kappa shape index (κ1) is 20.9. The highest BCUT2D eigenvalue weighted by Crippen LogP contribution is 2.33. The van der Waals surface area contributed by atoms with Crippen LogP contribution in [0, 0.1) is 0 Å². The standard InChI is InChI=1S/C27H32N4O2/c1-4-22-6-2-10-28-27(22)23(5-1)18-30-11-3-7-24(19-30)31-14-12-29(13-15-31)17-21-8-9-25-26(16-21)33-20-32-25/h1-2,4-6,8-10,16,24H,3,7,11-15,17-20H2. The van der Waals surface area contributed by atoms with Crippen LogP contribution in [0.3, 0.4) is 0 Å². The second-order valence-corrected chi connectivity index (χ2v) is 9.52. The molecule has 1 unspecified atom stereocenters. The fourth-order valence-corrected chi connectivity index (χ4v) is 5.59. The molecule has 1 aromatic heterocycles. The molecule has 2 fully saturated rings. The van der Waals surface area contributed by atoms with Gasteiger partial charge in [-0.1, -0.05) is 30.3 Å². The molecule has 0 spiro atoms. The van der Waals surface area contributed by atoms with Crippen LogP contribution >= 0.6 is 0 Å². The summed E-state index contributed by atoms with van der Waals surface area (Å²) in [7, 11) is 0. The Bertz CT molecular complexity index is 1110. The molecule has 0 radical (unpaired) electrons. The first-order valence-corrected chi connectivity index (χ1v) is 12.2. The Hall–Kier alpha value is -2.67. The summed E-state index contributed by atoms with van der Waals surface area (Å²) in [6, 6.07) is 17.8. The van der Waals surface area contributed by atoms with E-state index >= 15 is 0 Å². The second kappa shape index (κ2) is 9.29. The van der Waals surface area contributed by atoms with Crippen molar-refractivity contribution in [3.05, 3.63) is 65.9 Å². The molecule has 0 saturated carbocycles. The summed E-state index contributed by atoms with van der Waals surface area (Å²) in [6.45, 7) is 9.21. The maximum Gasteiger partial charge on any atom is 0.231 e. The highest BCUT2D eigenvalue weighted by atomic mass is 16.7. The van der Waals surface area contributed by atoms with Crippen molar-refractivity contribution in [3.63, 3.8) is 0 Å². The van der Waals surface area contributed by atoms with Crippen molar-refractivity contribution < 1.29 is 9.47 Å². The number of aromatic nitrogens is 1. The number of benzene rings is 2. The molecule has 0 N–H and O–H groups in total. The molecule has 0 bridgehead atoms. The van der Waals surface area contributed by atoms with Gasteiger partial charge >= 0.3 is 0 Å². The number of likely N-dealkylation sites (tertiary alicyclic amines) is 1. The summed E-state index contributed by atoms with van der Waals surface area (Å²) in [5.74, 6) is 1.75. The summed E-state index contributed by atoms with van der Waals surface area (Å²) < 4.78 is 11.0. The van der Waals surface area contributed by atoms with Crippen LogP contribution in [0.25, 0.3) is 10.9 Å². The lowest BCUT2D eigenvalue weighted by Gasteiger charge is -2.43. The van der Waals surface area contributed by atoms with E-state index in [1.165, 1.54) is 35.9 Å². The third-order valence-electron chi connectivity index (χ3n) is 7.36. The zero-order chi connectivity index (χ0) is 22.0. The van der Waals surface area contributed by atoms with Gasteiger partial charge in [0.15, 0.2) is 11.5 Å². The molecule has 3 aliphatic rings. The molecule has 3 aromatic rings. The molecule has 2 saturated heterocycles. The molecule has 0 aliphatic carbocycles. The molecular formula is C27H32N4O2. The third-order valence-corrected chi connectivity index (χ3v) is 7.36. The van der Waals surface area contributed by atoms with Gasteiger partial charge in [-0.3, -0.25) is 19.7 Å². The van der Waals surface area contributed by atoms with Gasteiger partial charge in [-0.05, 0) is 48.7 Å². The summed E-state index contributed by atoms with van der Waals surface area (Å²) in [6.07, 6.45) is 4.50. The first-order valence-electron chi connectivity index (χ1n) is 12.2. The second-order valence-electron chi connectivity index (χ2n) is 9.52. The van der Waals surface area contributed by atoms with Crippen molar-refractivity contribution in [3.8, 4) is 11.5 Å². The van der Waals surface area contributed by atoms with Gasteiger partial charge in [0, 0.05) is 63.4 Å². The normalized spacial score (nSPS) is 22.1. The molecular weight excluding hydrogens is 412 g/mol. The molecule has 6 rings (SSSR count). The molecule has 172 valence electrons. The van der Waals surface area contributed by atoms with E-state index in [4.69, 9.17) is 9.47 Å². The van der Waals surface area contributed by atoms with Crippen LogP contribution in [0.2, 0.25) is 0 Å². The van der Waals surface area contributed by atoms with Gasteiger partial charge in [-0.25, -0.2) is 0 Å². The van der Waals surface area contributed by atoms with Crippen molar-refractivity contribution in [2.75, 3.05) is 46.1 Å². The molecule has 1 atom stereocenters. The average Bonchev–Trinajstić information content (AvgIpc) is 3.33. The average molecular weight is 445 g/mol. The summed E-state index contributed by atoms with van der Waals surface area (Å²) in [4.78, 5) is 12.6. The van der Waals surface area contributed by atoms with Gasteiger partial charge < -0.3 is 9.47 Å². The number of pyridine rings is 1. The Balaban J connectivity index is 1.04. The van der Waals surface area contributed by atoms with Crippen LogP contribution < -0.4 is 9.47 Å². The minimum absolute atomic E-state index is 0.340. The zero-order valence-electron chi connectivity index (χ0n) is 19.2. The number of hydrogen-bond acceptors (Lipinski definition) is 6. The van der Waals surface area contributed by atoms with Gasteiger partial charge in [0.25, 0.3) is 0 Å². The van der Waals surface area contributed by atoms with Crippen molar-refractivity contribution >= 4 is 10.9 Å². The van der Waals surface area contributed by atoms with Crippen LogP contribution in [-0.2, 0) is 13.1 Å². The first-order chi connectivity index (χ1) is 16.3. The van der Waals surface area contributed by atoms with E-state index in [-0.39, 0.29) is 0 Å². The molecule has 4 heterocycles. The Labute approximate surface area is 195 Å². The van der Waals surface area contributed by atoms with E-state index in [1.54, 1.807) is 0 Å². The van der Waals surface area contributed by atoms with E-state index in [9.17, 15) is 0 Å². The quantitative estimate of drug-likeness (QED) is 0.597. The lowest BCUT2D eigenvalue weighted by Crippen LogP contribution is -2.54. The summed E-state index contributed by atoms with van der Waals surface area (Å²) >= 11 is 0. The van der Waals surface area contributed by atoms with Crippen molar-refractivity contribution in [2.24, 2.45) is 0 Å². The van der Waals surface area contributed by atoms with E-state index in [0.717, 1.165) is 62.8 Å². The predicted octanol–water partition coefficient (Wildman–Crippen LogP) is 3.75. The van der Waals surface area contributed by atoms with Gasteiger partial charge in [0.2, 0.25) is 6.79 Å². The van der Waals surface area contributed by atoms with Crippen molar-refractivity contribution in [1.82, 2.24) is 19.7 Å². The number of piperazine rings is 1. The molecule has 6 heteroatoms. The Morgan fingerprint density at radius 2 is 1.73 bits per heavy atom. The lowest BCUT2D eigenvalue weighted by molar-refractivity contribution is 0.0478. The Morgan fingerprint density at radius 3 is 2.67 bits per heavy atom. The minimum atomic E-state index is 0.340. The fraction of sp³-hybridized carbons (Fsp3) is 0.444. The Kier molecular flexibility index (Phi) is 5.89. The topological polar surface area (TPSA) is 41.1 Å². The van der Waals surface area contributed by atoms with Gasteiger partial charge in [-0.15, -0.1) is 0 Å². The number of piperidine rings is 1. The zero-order valence-corrected chi connectivity index (χ0v) is 19.2. The minimum Gasteiger partial charge on any atom is -0.454 e. The number of nitrogens with zero attached hydrogens (tertiary/aromatic N) is 4. The fourth-order valence-electron chi connectivity index (χ4n) is 5.59. The highest BCUT2D eigenvalue weighted by Gasteiger charge is 2.28. The van der Waals surface area contributed by atoms with Crippen LogP contribution in [0.15, 0.2) is 54.7 Å². The maximum atomic E-state index is 5.54. The largest absolute Gasteiger partial charge is 0.454 e. The highest BCUT2D eigenvalue weighted by molar-refractivity contribution is 5.81. The monoisotopic (exact) mass is 444 g/mol. The number of rotatable bonds is 5. The molecule has 6 nitrogen and oxygen atoms in total. The lowest BCUT2D eigenvalue weighted by atomic mass is 10.0. The van der Waals surface area contributed by atoms with Crippen LogP contribution in [-0.4, -0.2) is 71.8 Å². The van der Waals surface area contributed by atoms with Crippen LogP contribution in [0.4, 0.5) is 0 Å². The molecule has 2 aromatic carbocycles. The predicted molar refractivity (Wildman–Crippen MR) is 129 cm³/mol. The number of fused-ring (bicyclic) bond motifs is 2. The van der Waals surface area contributed by atoms with Crippen LogP contribution in [0.5, 0.6) is 11.5 Å².